The molecule has 17 heavy (non-hydrogen) atoms. The van der Waals surface area contributed by atoms with Gasteiger partial charge in [-0.15, -0.1) is 0 Å². The molecule has 1 aliphatic heterocycles. The molecule has 1 saturated heterocycles. The van der Waals surface area contributed by atoms with Gasteiger partial charge in [-0.05, 0) is 6.07 Å². The molecule has 0 aliphatic carbocycles. The number of pyridine rings is 1. The molecule has 1 fully saturated rings. The molecule has 0 saturated carbocycles. The van der Waals surface area contributed by atoms with E-state index in [0.29, 0.717) is 5.69 Å². The van der Waals surface area contributed by atoms with E-state index in [4.69, 9.17) is 22.4 Å². The first kappa shape index (κ1) is 11.7. The zero-order chi connectivity index (χ0) is 12.6. The Morgan fingerprint density at radius 2 is 2.35 bits per heavy atom. The van der Waals surface area contributed by atoms with Gasteiger partial charge in [0, 0.05) is 19.2 Å². The zero-order valence-corrected chi connectivity index (χ0v) is 9.52. The molecule has 1 aliphatic rings. The van der Waals surface area contributed by atoms with Gasteiger partial charge in [0.2, 0.25) is 5.91 Å². The molecule has 7 heteroatoms. The molecule has 0 bridgehead atoms. The van der Waals surface area contributed by atoms with Gasteiger partial charge < -0.3 is 15.7 Å². The van der Waals surface area contributed by atoms with E-state index in [1.54, 1.807) is 6.07 Å². The van der Waals surface area contributed by atoms with Crippen LogP contribution >= 0.6 is 11.6 Å². The highest BCUT2D eigenvalue weighted by atomic mass is 35.5. The molecule has 2 heterocycles. The minimum atomic E-state index is -0.987. The summed E-state index contributed by atoms with van der Waals surface area (Å²) >= 11 is 5.75. The average molecular weight is 256 g/mol. The highest BCUT2D eigenvalue weighted by Crippen LogP contribution is 2.32. The number of nitrogen functional groups attached to an aromatic ring is 1. The SMILES string of the molecule is Nc1c(N2CC(C(=O)O)CC2=O)ccnc1Cl. The first-order valence-electron chi connectivity index (χ1n) is 4.94. The third-order valence-electron chi connectivity index (χ3n) is 2.68. The van der Waals surface area contributed by atoms with Crippen molar-refractivity contribution in [2.75, 3.05) is 17.2 Å². The van der Waals surface area contributed by atoms with Crippen molar-refractivity contribution >= 4 is 34.9 Å². The van der Waals surface area contributed by atoms with E-state index in [0.717, 1.165) is 0 Å². The van der Waals surface area contributed by atoms with Crippen LogP contribution < -0.4 is 10.6 Å². The molecule has 1 atom stereocenters. The summed E-state index contributed by atoms with van der Waals surface area (Å²) < 4.78 is 0. The number of rotatable bonds is 2. The standard InChI is InChI=1S/C10H10ClN3O3/c11-9-8(12)6(1-2-13-9)14-4-5(10(16)17)3-7(14)15/h1-2,5H,3-4,12H2,(H,16,17). The van der Waals surface area contributed by atoms with E-state index in [-0.39, 0.29) is 29.7 Å². The van der Waals surface area contributed by atoms with Gasteiger partial charge in [-0.2, -0.15) is 0 Å². The predicted molar refractivity (Wildman–Crippen MR) is 61.8 cm³/mol. The summed E-state index contributed by atoms with van der Waals surface area (Å²) in [6.07, 6.45) is 1.41. The maximum Gasteiger partial charge on any atom is 0.308 e. The highest BCUT2D eigenvalue weighted by molar-refractivity contribution is 6.32. The quantitative estimate of drug-likeness (QED) is 0.761. The molecule has 1 unspecified atom stereocenters. The number of carboxylic acid groups (broad SMARTS) is 1. The second kappa shape index (κ2) is 4.21. The second-order valence-electron chi connectivity index (χ2n) is 3.78. The van der Waals surface area contributed by atoms with Gasteiger partial charge in [0.05, 0.1) is 17.3 Å². The number of aliphatic carboxylic acids is 1. The van der Waals surface area contributed by atoms with E-state index in [1.165, 1.54) is 11.1 Å². The van der Waals surface area contributed by atoms with Crippen molar-refractivity contribution < 1.29 is 14.7 Å². The molecule has 6 nitrogen and oxygen atoms in total. The zero-order valence-electron chi connectivity index (χ0n) is 8.76. The molecule has 1 amide bonds. The lowest BCUT2D eigenvalue weighted by molar-refractivity contribution is -0.141. The van der Waals surface area contributed by atoms with Gasteiger partial charge in [-0.25, -0.2) is 4.98 Å². The first-order chi connectivity index (χ1) is 8.00. The van der Waals surface area contributed by atoms with Crippen LogP contribution in [0.1, 0.15) is 6.42 Å². The van der Waals surface area contributed by atoms with Crippen LogP contribution in [0, 0.1) is 5.92 Å². The number of nitrogens with two attached hydrogens (primary N) is 1. The number of nitrogens with zero attached hydrogens (tertiary/aromatic N) is 2. The molecule has 1 aromatic rings. The number of halogens is 1. The molecular weight excluding hydrogens is 246 g/mol. The highest BCUT2D eigenvalue weighted by Gasteiger charge is 2.36. The van der Waals surface area contributed by atoms with Crippen LogP contribution in [0.3, 0.4) is 0 Å². The fourth-order valence-electron chi connectivity index (χ4n) is 1.78. The lowest BCUT2D eigenvalue weighted by atomic mass is 10.1. The van der Waals surface area contributed by atoms with Crippen LogP contribution in [0.2, 0.25) is 5.15 Å². The first-order valence-corrected chi connectivity index (χ1v) is 5.31. The Morgan fingerprint density at radius 1 is 1.65 bits per heavy atom. The van der Waals surface area contributed by atoms with Crippen LogP contribution in [0.5, 0.6) is 0 Å². The molecule has 90 valence electrons. The Labute approximate surface area is 102 Å². The van der Waals surface area contributed by atoms with Gasteiger partial charge >= 0.3 is 5.97 Å². The number of aromatic nitrogens is 1. The van der Waals surface area contributed by atoms with Crippen molar-refractivity contribution in [1.29, 1.82) is 0 Å². The average Bonchev–Trinajstić information content (AvgIpc) is 2.65. The van der Waals surface area contributed by atoms with Crippen LogP contribution in [-0.4, -0.2) is 28.5 Å². The number of hydrogen-bond donors (Lipinski definition) is 2. The summed E-state index contributed by atoms with van der Waals surface area (Å²) in [6, 6.07) is 1.54. The Bertz CT molecular complexity index is 492. The number of amides is 1. The van der Waals surface area contributed by atoms with Crippen molar-refractivity contribution in [2.45, 2.75) is 6.42 Å². The van der Waals surface area contributed by atoms with E-state index < -0.39 is 11.9 Å². The topological polar surface area (TPSA) is 96.5 Å². The van der Waals surface area contributed by atoms with Crippen molar-refractivity contribution in [2.24, 2.45) is 5.92 Å². The fourth-order valence-corrected chi connectivity index (χ4v) is 1.93. The van der Waals surface area contributed by atoms with Crippen molar-refractivity contribution in [3.8, 4) is 0 Å². The maximum absolute atomic E-state index is 11.7. The summed E-state index contributed by atoms with van der Waals surface area (Å²) in [4.78, 5) is 27.6. The van der Waals surface area contributed by atoms with E-state index in [1.807, 2.05) is 0 Å². The third-order valence-corrected chi connectivity index (χ3v) is 2.98. The monoisotopic (exact) mass is 255 g/mol. The molecule has 0 aromatic carbocycles. The van der Waals surface area contributed by atoms with Crippen molar-refractivity contribution in [3.05, 3.63) is 17.4 Å². The van der Waals surface area contributed by atoms with Crippen LogP contribution in [-0.2, 0) is 9.59 Å². The summed E-state index contributed by atoms with van der Waals surface area (Å²) in [5.74, 6) is -1.96. The minimum Gasteiger partial charge on any atom is -0.481 e. The fraction of sp³-hybridized carbons (Fsp3) is 0.300. The second-order valence-corrected chi connectivity index (χ2v) is 4.14. The Kier molecular flexibility index (Phi) is 2.89. The molecule has 2 rings (SSSR count). The van der Waals surface area contributed by atoms with Crippen LogP contribution in [0.4, 0.5) is 11.4 Å². The number of anilines is 2. The third kappa shape index (κ3) is 2.03. The molecular formula is C10H10ClN3O3. The van der Waals surface area contributed by atoms with Crippen LogP contribution in [0.15, 0.2) is 12.3 Å². The largest absolute Gasteiger partial charge is 0.481 e. The minimum absolute atomic E-state index is 0.0191. The number of carbonyl (C=O) groups is 2. The van der Waals surface area contributed by atoms with Crippen molar-refractivity contribution in [3.63, 3.8) is 0 Å². The summed E-state index contributed by atoms with van der Waals surface area (Å²) in [5, 5.41) is 8.98. The smallest absolute Gasteiger partial charge is 0.308 e. The summed E-state index contributed by atoms with van der Waals surface area (Å²) in [6.45, 7) is 0.110. The van der Waals surface area contributed by atoms with E-state index >= 15 is 0 Å². The van der Waals surface area contributed by atoms with E-state index in [2.05, 4.69) is 4.98 Å². The Balaban J connectivity index is 2.32. The molecule has 1 aromatic heterocycles. The van der Waals surface area contributed by atoms with Gasteiger partial charge in [0.1, 0.15) is 0 Å². The van der Waals surface area contributed by atoms with Crippen LogP contribution in [0.25, 0.3) is 0 Å². The molecule has 3 N–H and O–H groups in total. The lowest BCUT2D eigenvalue weighted by Gasteiger charge is -2.18. The lowest BCUT2D eigenvalue weighted by Crippen LogP contribution is -2.26. The van der Waals surface area contributed by atoms with Gasteiger partial charge in [-0.1, -0.05) is 11.6 Å². The predicted octanol–water partition coefficient (Wildman–Crippen LogP) is 0.755. The number of hydrogen-bond acceptors (Lipinski definition) is 4. The van der Waals surface area contributed by atoms with E-state index in [9.17, 15) is 9.59 Å². The summed E-state index contributed by atoms with van der Waals surface area (Å²) in [7, 11) is 0. The number of carbonyl (C=O) groups excluding carboxylic acids is 1. The Hall–Kier alpha value is -1.82. The maximum atomic E-state index is 11.7. The number of carboxylic acids is 1. The Morgan fingerprint density at radius 3 is 2.94 bits per heavy atom. The summed E-state index contributed by atoms with van der Waals surface area (Å²) in [5.41, 5.74) is 6.31. The van der Waals surface area contributed by atoms with Gasteiger partial charge in [0.15, 0.2) is 5.15 Å². The van der Waals surface area contributed by atoms with Gasteiger partial charge in [-0.3, -0.25) is 9.59 Å². The normalized spacial score (nSPS) is 19.7. The van der Waals surface area contributed by atoms with Gasteiger partial charge in [0.25, 0.3) is 0 Å². The molecule has 0 radical (unpaired) electrons. The van der Waals surface area contributed by atoms with Crippen molar-refractivity contribution in [1.82, 2.24) is 4.98 Å². The molecule has 0 spiro atoms.